The van der Waals surface area contributed by atoms with Crippen molar-refractivity contribution in [2.75, 3.05) is 19.6 Å². The highest BCUT2D eigenvalue weighted by molar-refractivity contribution is 5.92. The molecule has 1 spiro atoms. The molecule has 6 rings (SSSR count). The third-order valence-electron chi connectivity index (χ3n) is 9.77. The van der Waals surface area contributed by atoms with E-state index in [1.54, 1.807) is 12.1 Å². The lowest BCUT2D eigenvalue weighted by atomic mass is 9.51. The van der Waals surface area contributed by atoms with E-state index >= 15 is 0 Å². The number of benzene rings is 2. The van der Waals surface area contributed by atoms with Crippen molar-refractivity contribution in [2.24, 2.45) is 11.8 Å². The third kappa shape index (κ3) is 4.81. The first-order chi connectivity index (χ1) is 20.1. The molecule has 1 saturated carbocycles. The van der Waals surface area contributed by atoms with Gasteiger partial charge in [0, 0.05) is 36.6 Å². The van der Waals surface area contributed by atoms with E-state index < -0.39 is 0 Å². The molecule has 5 atom stereocenters. The molecule has 2 heterocycles. The summed E-state index contributed by atoms with van der Waals surface area (Å²) in [4.78, 5) is 30.0. The Morgan fingerprint density at radius 2 is 2.07 bits per heavy atom. The fraction of sp³-hybridized carbons (Fsp3) is 0.486. The topological polar surface area (TPSA) is 79.3 Å². The molecule has 2 aromatic carbocycles. The number of piperidine rings is 1. The summed E-state index contributed by atoms with van der Waals surface area (Å²) in [6, 6.07) is 12.1. The molecular weight excluding hydrogens is 528 g/mol. The third-order valence-corrected chi connectivity index (χ3v) is 9.77. The second-order valence-corrected chi connectivity index (χ2v) is 13.0. The van der Waals surface area contributed by atoms with E-state index in [0.29, 0.717) is 30.5 Å². The Morgan fingerprint density at radius 3 is 2.81 bits per heavy atom. The Bertz CT molecular complexity index is 1450. The Kier molecular flexibility index (Phi) is 7.42. The highest BCUT2D eigenvalue weighted by Gasteiger charge is 2.66. The molecule has 2 bridgehead atoms. The highest BCUT2D eigenvalue weighted by Crippen LogP contribution is 2.64. The van der Waals surface area contributed by atoms with E-state index in [1.165, 1.54) is 12.5 Å². The van der Waals surface area contributed by atoms with Crippen molar-refractivity contribution in [1.82, 2.24) is 9.80 Å². The molecule has 7 heteroatoms. The van der Waals surface area contributed by atoms with Crippen LogP contribution in [0.25, 0.3) is 6.08 Å². The average molecular weight is 571 g/mol. The van der Waals surface area contributed by atoms with Crippen molar-refractivity contribution in [1.29, 1.82) is 0 Å². The van der Waals surface area contributed by atoms with Crippen LogP contribution in [0.1, 0.15) is 62.3 Å². The Balaban J connectivity index is 1.35. The van der Waals surface area contributed by atoms with Crippen molar-refractivity contribution in [3.05, 3.63) is 77.1 Å². The normalized spacial score (nSPS) is 27.5. The van der Waals surface area contributed by atoms with Gasteiger partial charge in [-0.25, -0.2) is 0 Å². The monoisotopic (exact) mass is 570 g/mol. The molecule has 2 aliphatic heterocycles. The van der Waals surface area contributed by atoms with Gasteiger partial charge in [-0.3, -0.25) is 14.5 Å². The van der Waals surface area contributed by atoms with Gasteiger partial charge in [-0.2, -0.15) is 0 Å². The second kappa shape index (κ2) is 10.9. The number of rotatable bonds is 8. The number of aromatic hydroxyl groups is 1. The van der Waals surface area contributed by atoms with Gasteiger partial charge in [-0.1, -0.05) is 56.3 Å². The van der Waals surface area contributed by atoms with Crippen LogP contribution < -0.4 is 4.74 Å². The van der Waals surface area contributed by atoms with Crippen molar-refractivity contribution >= 4 is 18.0 Å². The van der Waals surface area contributed by atoms with Crippen LogP contribution >= 0.6 is 0 Å². The molecule has 2 aromatic rings. The Labute approximate surface area is 248 Å². The molecule has 2 fully saturated rings. The summed E-state index contributed by atoms with van der Waals surface area (Å²) in [5, 5.41) is 11.0. The average Bonchev–Trinajstić information content (AvgIpc) is 3.28. The van der Waals surface area contributed by atoms with Crippen LogP contribution in [0.2, 0.25) is 0 Å². The van der Waals surface area contributed by atoms with Gasteiger partial charge in [0.2, 0.25) is 5.91 Å². The maximum absolute atomic E-state index is 13.9. The zero-order valence-corrected chi connectivity index (χ0v) is 25.1. The minimum Gasteiger partial charge on any atom is -0.504 e. The standard InChI is InChI=1S/C35H42N2O5/c1-21(2)19-37(31(40)14-9-25-8-6-7-22(3)17-25)28-12-11-27-29-18-26-10-13-30(39)33-32(26)35(27,34(28)42-33)15-16-36(29)20-23(4)41-24(5)38/h6-10,13-14,17,21,27-29,34,39H,4,11-12,15-16,18-20H2,1-3,5H3/t27-,28-,29+,34-,35-/m0/s1. The number of hydrogen-bond acceptors (Lipinski definition) is 6. The number of esters is 1. The van der Waals surface area contributed by atoms with Crippen molar-refractivity contribution in [3.8, 4) is 11.5 Å². The lowest BCUT2D eigenvalue weighted by Crippen LogP contribution is -2.69. The molecular formula is C35H42N2O5. The van der Waals surface area contributed by atoms with E-state index in [-0.39, 0.29) is 47.1 Å². The van der Waals surface area contributed by atoms with Gasteiger partial charge in [0.25, 0.3) is 0 Å². The number of aryl methyl sites for hydroxylation is 1. The van der Waals surface area contributed by atoms with Gasteiger partial charge in [-0.15, -0.1) is 0 Å². The summed E-state index contributed by atoms with van der Waals surface area (Å²) in [6.45, 7) is 13.7. The zero-order valence-electron chi connectivity index (χ0n) is 25.1. The summed E-state index contributed by atoms with van der Waals surface area (Å²) >= 11 is 0. The molecule has 0 aromatic heterocycles. The molecule has 0 unspecified atom stereocenters. The number of carbonyl (C=O) groups excluding carboxylic acids is 2. The van der Waals surface area contributed by atoms with E-state index in [1.807, 2.05) is 29.2 Å². The second-order valence-electron chi connectivity index (χ2n) is 13.0. The van der Waals surface area contributed by atoms with Gasteiger partial charge < -0.3 is 19.5 Å². The molecule has 0 radical (unpaired) electrons. The molecule has 1 N–H and O–H groups in total. The summed E-state index contributed by atoms with van der Waals surface area (Å²) in [7, 11) is 0. The first-order valence-electron chi connectivity index (χ1n) is 15.3. The molecule has 42 heavy (non-hydrogen) atoms. The summed E-state index contributed by atoms with van der Waals surface area (Å²) in [5.41, 5.74) is 4.24. The van der Waals surface area contributed by atoms with Gasteiger partial charge >= 0.3 is 5.97 Å². The molecule has 7 nitrogen and oxygen atoms in total. The smallest absolute Gasteiger partial charge is 0.307 e. The van der Waals surface area contributed by atoms with Crippen LogP contribution in [0, 0.1) is 18.8 Å². The van der Waals surface area contributed by atoms with E-state index in [0.717, 1.165) is 48.9 Å². The quantitative estimate of drug-likeness (QED) is 0.261. The fourth-order valence-corrected chi connectivity index (χ4v) is 8.39. The largest absolute Gasteiger partial charge is 0.504 e. The number of phenolic OH excluding ortho intramolecular Hbond substituents is 1. The van der Waals surface area contributed by atoms with Crippen LogP contribution in [0.4, 0.5) is 0 Å². The van der Waals surface area contributed by atoms with Gasteiger partial charge in [-0.05, 0) is 74.3 Å². The molecule has 4 aliphatic rings. The fourth-order valence-electron chi connectivity index (χ4n) is 8.39. The Morgan fingerprint density at radius 1 is 1.26 bits per heavy atom. The van der Waals surface area contributed by atoms with E-state index in [4.69, 9.17) is 9.47 Å². The van der Waals surface area contributed by atoms with Gasteiger partial charge in [0.05, 0.1) is 12.6 Å². The van der Waals surface area contributed by atoms with E-state index in [9.17, 15) is 14.7 Å². The minimum atomic E-state index is -0.348. The summed E-state index contributed by atoms with van der Waals surface area (Å²) in [6.07, 6.45) is 6.84. The summed E-state index contributed by atoms with van der Waals surface area (Å²) in [5.74, 6) is 1.50. The zero-order chi connectivity index (χ0) is 29.8. The first kappa shape index (κ1) is 28.5. The minimum absolute atomic E-state index is 0.00321. The number of hydrogen-bond donors (Lipinski definition) is 1. The van der Waals surface area contributed by atoms with Crippen LogP contribution in [0.3, 0.4) is 0 Å². The molecule has 2 aliphatic carbocycles. The number of carbonyl (C=O) groups is 2. The maximum Gasteiger partial charge on any atom is 0.307 e. The van der Waals surface area contributed by atoms with Crippen molar-refractivity contribution in [2.45, 2.75) is 77.0 Å². The molecule has 222 valence electrons. The van der Waals surface area contributed by atoms with Gasteiger partial charge in [0.15, 0.2) is 11.5 Å². The molecule has 1 amide bonds. The number of likely N-dealkylation sites (tertiary alicyclic amines) is 1. The number of nitrogens with zero attached hydrogens (tertiary/aromatic N) is 2. The van der Waals surface area contributed by atoms with Crippen LogP contribution in [-0.4, -0.2) is 64.6 Å². The first-order valence-corrected chi connectivity index (χ1v) is 15.3. The lowest BCUT2D eigenvalue weighted by Gasteiger charge is -2.60. The lowest BCUT2D eigenvalue weighted by molar-refractivity contribution is -0.141. The summed E-state index contributed by atoms with van der Waals surface area (Å²) < 4.78 is 12.1. The number of phenols is 1. The SMILES string of the molecule is C=C(CN1CC[C@]23c4c5ccc(O)c4O[C@H]2[C@@H](N(CC(C)C)C(=O)C=Cc2cccc(C)c2)CC[C@H]3[C@H]1C5)OC(C)=O. The van der Waals surface area contributed by atoms with Gasteiger partial charge in [0.1, 0.15) is 11.9 Å². The predicted octanol–water partition coefficient (Wildman–Crippen LogP) is 5.38. The van der Waals surface area contributed by atoms with Crippen LogP contribution in [-0.2, 0) is 26.2 Å². The van der Waals surface area contributed by atoms with Crippen LogP contribution in [0.5, 0.6) is 11.5 Å². The molecule has 1 saturated heterocycles. The maximum atomic E-state index is 13.9. The van der Waals surface area contributed by atoms with Crippen molar-refractivity contribution in [3.63, 3.8) is 0 Å². The Hall–Kier alpha value is -3.58. The van der Waals surface area contributed by atoms with Crippen molar-refractivity contribution < 1.29 is 24.2 Å². The number of ether oxygens (including phenoxy) is 2. The van der Waals surface area contributed by atoms with Crippen LogP contribution in [0.15, 0.2) is 54.8 Å². The number of amides is 1. The highest BCUT2D eigenvalue weighted by atomic mass is 16.5. The van der Waals surface area contributed by atoms with E-state index in [2.05, 4.69) is 44.4 Å². The predicted molar refractivity (Wildman–Crippen MR) is 162 cm³/mol.